The fourth-order valence-corrected chi connectivity index (χ4v) is 1.61. The molecule has 1 aromatic rings. The number of carbonyl (C=O) groups is 1. The van der Waals surface area contributed by atoms with E-state index in [1.807, 2.05) is 0 Å². The maximum atomic E-state index is 10.5. The van der Waals surface area contributed by atoms with Crippen LogP contribution in [-0.2, 0) is 11.8 Å². The van der Waals surface area contributed by atoms with Crippen molar-refractivity contribution in [1.82, 2.24) is 9.78 Å². The van der Waals surface area contributed by atoms with Gasteiger partial charge in [-0.2, -0.15) is 0 Å². The molecule has 0 spiro atoms. The third-order valence-corrected chi connectivity index (χ3v) is 2.75. The van der Waals surface area contributed by atoms with Gasteiger partial charge in [-0.05, 0) is 19.8 Å². The first-order valence-corrected chi connectivity index (χ1v) is 4.93. The quantitative estimate of drug-likeness (QED) is 0.726. The lowest BCUT2D eigenvalue weighted by Crippen LogP contribution is -2.52. The van der Waals surface area contributed by atoms with Crippen molar-refractivity contribution in [3.05, 3.63) is 6.20 Å². The number of aryl methyl sites for hydroxylation is 1. The highest BCUT2D eigenvalue weighted by atomic mass is 16.5. The minimum Gasteiger partial charge on any atom is -0.469 e. The van der Waals surface area contributed by atoms with Gasteiger partial charge in [0.05, 0.1) is 11.8 Å². The van der Waals surface area contributed by atoms with Crippen molar-refractivity contribution in [2.24, 2.45) is 6.98 Å². The number of hydrogen-bond acceptors (Lipinski definition) is 4. The minimum atomic E-state index is -2.46. The van der Waals surface area contributed by atoms with Crippen LogP contribution in [0.2, 0.25) is 0 Å². The molecule has 1 saturated carbocycles. The predicted molar refractivity (Wildman–Crippen MR) is 57.2 cm³/mol. The van der Waals surface area contributed by atoms with Crippen LogP contribution in [0.5, 0.6) is 5.88 Å². The Morgan fingerprint density at radius 1 is 1.94 bits per heavy atom. The molecule has 0 unspecified atom stereocenters. The van der Waals surface area contributed by atoms with E-state index in [-0.39, 0.29) is 11.6 Å². The third-order valence-electron chi connectivity index (χ3n) is 2.75. The fraction of sp³-hybridized carbons (Fsp3) is 0.600. The Kier molecular flexibility index (Phi) is 1.81. The number of nitrogens with zero attached hydrogens (tertiary/aromatic N) is 2. The molecule has 2 N–H and O–H groups in total. The molecule has 1 aliphatic rings. The number of aliphatic hydroxyl groups is 1. The lowest BCUT2D eigenvalue weighted by Gasteiger charge is -2.41. The topological polar surface area (TPSA) is 76.4 Å². The Morgan fingerprint density at radius 2 is 2.75 bits per heavy atom. The van der Waals surface area contributed by atoms with Crippen molar-refractivity contribution >= 4 is 12.1 Å². The predicted octanol–water partition coefficient (Wildman–Crippen LogP) is 0.281. The fourth-order valence-electron chi connectivity index (χ4n) is 1.61. The van der Waals surface area contributed by atoms with E-state index < -0.39 is 18.7 Å². The van der Waals surface area contributed by atoms with Gasteiger partial charge >= 0.3 is 0 Å². The molecule has 0 radical (unpaired) electrons. The zero-order valence-electron chi connectivity index (χ0n) is 11.8. The number of rotatable bonds is 4. The van der Waals surface area contributed by atoms with Gasteiger partial charge in [-0.1, -0.05) is 0 Å². The van der Waals surface area contributed by atoms with Crippen LogP contribution in [0.3, 0.4) is 0 Å². The number of nitrogens with one attached hydrogen (secondary N) is 1. The molecule has 6 nitrogen and oxygen atoms in total. The Bertz CT molecular complexity index is 484. The molecule has 2 rings (SSSR count). The van der Waals surface area contributed by atoms with Gasteiger partial charge < -0.3 is 15.2 Å². The Labute approximate surface area is 97.4 Å². The SMILES string of the molecule is [2H]C([2H])([2H])n1cc(NC=O)c(O[C@@H]2CC[C@@]2(C)O)n1. The highest BCUT2D eigenvalue weighted by Gasteiger charge is 2.43. The van der Waals surface area contributed by atoms with Crippen LogP contribution in [0.1, 0.15) is 23.9 Å². The molecule has 0 aliphatic heterocycles. The van der Waals surface area contributed by atoms with Gasteiger partial charge in [-0.15, -0.1) is 5.10 Å². The van der Waals surface area contributed by atoms with E-state index in [1.165, 1.54) is 6.20 Å². The average Bonchev–Trinajstić information content (AvgIpc) is 2.68. The van der Waals surface area contributed by atoms with Crippen LogP contribution >= 0.6 is 0 Å². The first-order chi connectivity index (χ1) is 8.74. The molecule has 0 saturated heterocycles. The van der Waals surface area contributed by atoms with Crippen molar-refractivity contribution < 1.29 is 18.8 Å². The molecule has 0 aromatic carbocycles. The number of anilines is 1. The third kappa shape index (κ3) is 1.88. The van der Waals surface area contributed by atoms with Gasteiger partial charge in [-0.3, -0.25) is 9.48 Å². The molecule has 1 amide bonds. The van der Waals surface area contributed by atoms with Gasteiger partial charge in [0.15, 0.2) is 0 Å². The summed E-state index contributed by atoms with van der Waals surface area (Å²) in [5, 5.41) is 16.0. The summed E-state index contributed by atoms with van der Waals surface area (Å²) in [6.45, 7) is -0.822. The number of amides is 1. The van der Waals surface area contributed by atoms with E-state index in [1.54, 1.807) is 6.92 Å². The number of hydrogen-bond donors (Lipinski definition) is 2. The Morgan fingerprint density at radius 3 is 3.25 bits per heavy atom. The molecule has 1 fully saturated rings. The highest BCUT2D eigenvalue weighted by Crippen LogP contribution is 2.36. The normalized spacial score (nSPS) is 31.9. The van der Waals surface area contributed by atoms with Crippen LogP contribution in [0.4, 0.5) is 5.69 Å². The molecule has 88 valence electrons. The summed E-state index contributed by atoms with van der Waals surface area (Å²) < 4.78 is 28.0. The molecular formula is C10H15N3O3. The zero-order chi connectivity index (χ0) is 14.3. The van der Waals surface area contributed by atoms with E-state index >= 15 is 0 Å². The van der Waals surface area contributed by atoms with Crippen LogP contribution in [0.15, 0.2) is 6.20 Å². The minimum absolute atomic E-state index is 0.00630. The van der Waals surface area contributed by atoms with Crippen molar-refractivity contribution in [2.75, 3.05) is 5.32 Å². The lowest BCUT2D eigenvalue weighted by atomic mass is 9.79. The van der Waals surface area contributed by atoms with Crippen molar-refractivity contribution in [2.45, 2.75) is 31.5 Å². The second-order valence-corrected chi connectivity index (χ2v) is 4.06. The molecule has 6 heteroatoms. The first kappa shape index (κ1) is 7.67. The lowest BCUT2D eigenvalue weighted by molar-refractivity contribution is -0.119. The van der Waals surface area contributed by atoms with E-state index in [4.69, 9.17) is 8.85 Å². The summed E-state index contributed by atoms with van der Waals surface area (Å²) in [4.78, 5) is 10.5. The summed E-state index contributed by atoms with van der Waals surface area (Å²) >= 11 is 0. The molecule has 2 atom stereocenters. The summed E-state index contributed by atoms with van der Waals surface area (Å²) in [6.07, 6.45) is 2.37. The van der Waals surface area contributed by atoms with Gasteiger partial charge in [-0.25, -0.2) is 0 Å². The van der Waals surface area contributed by atoms with Crippen molar-refractivity contribution in [3.63, 3.8) is 0 Å². The number of carbonyl (C=O) groups excluding carboxylic acids is 1. The van der Waals surface area contributed by atoms with E-state index in [0.717, 1.165) is 4.68 Å². The summed E-state index contributed by atoms with van der Waals surface area (Å²) in [6, 6.07) is 0. The highest BCUT2D eigenvalue weighted by molar-refractivity contribution is 5.73. The maximum Gasteiger partial charge on any atom is 0.257 e. The smallest absolute Gasteiger partial charge is 0.257 e. The molecule has 0 bridgehead atoms. The van der Waals surface area contributed by atoms with Gasteiger partial charge in [0, 0.05) is 11.1 Å². The van der Waals surface area contributed by atoms with Crippen molar-refractivity contribution in [3.8, 4) is 5.88 Å². The Hall–Kier alpha value is -1.56. The summed E-state index contributed by atoms with van der Waals surface area (Å²) in [5.74, 6) is -0.00630. The average molecular weight is 228 g/mol. The monoisotopic (exact) mass is 228 g/mol. The molecule has 1 aliphatic carbocycles. The largest absolute Gasteiger partial charge is 0.469 e. The van der Waals surface area contributed by atoms with Crippen LogP contribution in [0.25, 0.3) is 0 Å². The second-order valence-electron chi connectivity index (χ2n) is 4.06. The number of aromatic nitrogens is 2. The zero-order valence-corrected chi connectivity index (χ0v) is 8.80. The molecular weight excluding hydrogens is 210 g/mol. The van der Waals surface area contributed by atoms with E-state index in [0.29, 0.717) is 19.3 Å². The second kappa shape index (κ2) is 3.79. The standard InChI is InChI=1S/C10H15N3O3/c1-10(15)4-3-8(10)16-9-7(11-6-14)5-13(2)12-9/h5-6,8,15H,3-4H2,1-2H3,(H,11,14)/t8-,10-/m1/s1/i2D3. The van der Waals surface area contributed by atoms with Crippen LogP contribution < -0.4 is 10.1 Å². The molecule has 1 heterocycles. The Balaban J connectivity index is 2.23. The van der Waals surface area contributed by atoms with Crippen molar-refractivity contribution in [1.29, 1.82) is 0 Å². The maximum absolute atomic E-state index is 10.5. The van der Waals surface area contributed by atoms with E-state index in [2.05, 4.69) is 10.4 Å². The van der Waals surface area contributed by atoms with Crippen LogP contribution in [0, 0.1) is 0 Å². The summed E-state index contributed by atoms with van der Waals surface area (Å²) in [5.41, 5.74) is -0.795. The first-order valence-electron chi connectivity index (χ1n) is 6.43. The van der Waals surface area contributed by atoms with E-state index in [9.17, 15) is 9.90 Å². The van der Waals surface area contributed by atoms with Gasteiger partial charge in [0.1, 0.15) is 11.8 Å². The molecule has 1 aromatic heterocycles. The van der Waals surface area contributed by atoms with Crippen LogP contribution in [-0.4, -0.2) is 33.0 Å². The van der Waals surface area contributed by atoms with Gasteiger partial charge in [0.25, 0.3) is 5.88 Å². The number of ether oxygens (including phenoxy) is 1. The molecule has 16 heavy (non-hydrogen) atoms. The summed E-state index contributed by atoms with van der Waals surface area (Å²) in [7, 11) is 0. The van der Waals surface area contributed by atoms with Gasteiger partial charge in [0.2, 0.25) is 6.41 Å².